The van der Waals surface area contributed by atoms with Gasteiger partial charge in [-0.1, -0.05) is 0 Å². The Morgan fingerprint density at radius 1 is 1.35 bits per heavy atom. The molecule has 0 amide bonds. The third-order valence-electron chi connectivity index (χ3n) is 2.56. The van der Waals surface area contributed by atoms with Crippen LogP contribution in [-0.4, -0.2) is 27.9 Å². The summed E-state index contributed by atoms with van der Waals surface area (Å²) in [5, 5.41) is 27.8. The van der Waals surface area contributed by atoms with Crippen molar-refractivity contribution in [3.05, 3.63) is 23.5 Å². The first-order valence-corrected chi connectivity index (χ1v) is 5.05. The fraction of sp³-hybridized carbons (Fsp3) is 0.400. The SMILES string of the molecule is CC1(C)Oc2ccc(F)c(C(O)O)c2OB1O. The third-order valence-corrected chi connectivity index (χ3v) is 2.56. The molecule has 0 saturated heterocycles. The summed E-state index contributed by atoms with van der Waals surface area (Å²) in [5.41, 5.74) is -1.44. The molecule has 7 heteroatoms. The molecule has 0 unspecified atom stereocenters. The molecule has 3 N–H and O–H groups in total. The molecule has 0 radical (unpaired) electrons. The lowest BCUT2D eigenvalue weighted by Gasteiger charge is -2.35. The molecule has 0 fully saturated rings. The van der Waals surface area contributed by atoms with Crippen molar-refractivity contribution >= 4 is 7.12 Å². The van der Waals surface area contributed by atoms with Crippen LogP contribution in [0.3, 0.4) is 0 Å². The topological polar surface area (TPSA) is 79.2 Å². The standard InChI is InChI=1S/C10H12BFO5/c1-10(2)11(15)17-8-6(16-10)4-3-5(12)7(8)9(13)14/h3-4,9,13-15H,1-2H3. The number of benzene rings is 1. The minimum absolute atomic E-state index is 0.157. The molecule has 0 aromatic heterocycles. The van der Waals surface area contributed by atoms with Crippen LogP contribution >= 0.6 is 0 Å². The second-order valence-electron chi connectivity index (χ2n) is 4.34. The third kappa shape index (κ3) is 1.97. The molecule has 2 rings (SSSR count). The highest BCUT2D eigenvalue weighted by Crippen LogP contribution is 2.41. The fourth-order valence-corrected chi connectivity index (χ4v) is 1.59. The quantitative estimate of drug-likeness (QED) is 0.490. The summed E-state index contributed by atoms with van der Waals surface area (Å²) >= 11 is 0. The molecule has 1 aliphatic heterocycles. The van der Waals surface area contributed by atoms with Crippen molar-refractivity contribution in [1.82, 2.24) is 0 Å². The summed E-state index contributed by atoms with van der Waals surface area (Å²) in [7, 11) is -1.32. The Hall–Kier alpha value is -1.31. The van der Waals surface area contributed by atoms with Gasteiger partial charge < -0.3 is 24.6 Å². The first-order valence-electron chi connectivity index (χ1n) is 5.05. The normalized spacial score (nSPS) is 17.5. The zero-order valence-electron chi connectivity index (χ0n) is 9.35. The number of aliphatic hydroxyl groups excluding tert-OH is 1. The van der Waals surface area contributed by atoms with Gasteiger partial charge in [0.05, 0.1) is 5.56 Å². The van der Waals surface area contributed by atoms with Crippen molar-refractivity contribution in [3.63, 3.8) is 0 Å². The molecule has 0 spiro atoms. The van der Waals surface area contributed by atoms with E-state index in [4.69, 9.17) is 19.6 Å². The largest absolute Gasteiger partial charge is 0.569 e. The van der Waals surface area contributed by atoms with Gasteiger partial charge in [-0.25, -0.2) is 4.39 Å². The molecule has 1 aliphatic rings. The summed E-state index contributed by atoms with van der Waals surface area (Å²) in [6.45, 7) is 3.19. The molecule has 1 aromatic carbocycles. The molecular formula is C10H12BFO5. The minimum atomic E-state index is -2.04. The second-order valence-corrected chi connectivity index (χ2v) is 4.34. The van der Waals surface area contributed by atoms with Crippen LogP contribution in [0.2, 0.25) is 0 Å². The van der Waals surface area contributed by atoms with E-state index in [9.17, 15) is 9.41 Å². The lowest BCUT2D eigenvalue weighted by molar-refractivity contribution is -0.0469. The van der Waals surface area contributed by atoms with E-state index in [-0.39, 0.29) is 11.5 Å². The van der Waals surface area contributed by atoms with Crippen molar-refractivity contribution < 1.29 is 29.0 Å². The van der Waals surface area contributed by atoms with Crippen molar-refractivity contribution in [2.24, 2.45) is 0 Å². The summed E-state index contributed by atoms with van der Waals surface area (Å²) in [4.78, 5) is 0. The first-order chi connectivity index (χ1) is 7.83. The summed E-state index contributed by atoms with van der Waals surface area (Å²) in [5.74, 6) is -0.870. The average molecular weight is 242 g/mol. The van der Waals surface area contributed by atoms with E-state index in [0.717, 1.165) is 6.07 Å². The van der Waals surface area contributed by atoms with E-state index in [1.807, 2.05) is 0 Å². The molecular weight excluding hydrogens is 230 g/mol. The fourth-order valence-electron chi connectivity index (χ4n) is 1.59. The monoisotopic (exact) mass is 242 g/mol. The molecule has 1 heterocycles. The van der Waals surface area contributed by atoms with Gasteiger partial charge in [-0.3, -0.25) is 0 Å². The maximum absolute atomic E-state index is 13.4. The smallest absolute Gasteiger partial charge is 0.531 e. The van der Waals surface area contributed by atoms with Gasteiger partial charge in [0, 0.05) is 0 Å². The van der Waals surface area contributed by atoms with E-state index in [2.05, 4.69) is 0 Å². The highest BCUT2D eigenvalue weighted by atomic mass is 19.1. The van der Waals surface area contributed by atoms with Gasteiger partial charge in [0.2, 0.25) is 0 Å². The number of hydrogen-bond acceptors (Lipinski definition) is 5. The molecule has 0 atom stereocenters. The highest BCUT2D eigenvalue weighted by Gasteiger charge is 2.45. The van der Waals surface area contributed by atoms with Gasteiger partial charge >= 0.3 is 7.12 Å². The number of rotatable bonds is 1. The van der Waals surface area contributed by atoms with Crippen molar-refractivity contribution in [1.29, 1.82) is 0 Å². The number of hydrogen-bond donors (Lipinski definition) is 3. The Morgan fingerprint density at radius 3 is 2.59 bits per heavy atom. The predicted octanol–water partition coefficient (Wildman–Crippen LogP) is 0.378. The minimum Gasteiger partial charge on any atom is -0.531 e. The first kappa shape index (κ1) is 12.2. The Bertz CT molecular complexity index is 449. The van der Waals surface area contributed by atoms with Crippen LogP contribution in [0.15, 0.2) is 12.1 Å². The van der Waals surface area contributed by atoms with Crippen LogP contribution in [0.5, 0.6) is 11.5 Å². The predicted molar refractivity (Wildman–Crippen MR) is 56.9 cm³/mol. The molecule has 0 saturated carbocycles. The Labute approximate surface area is 97.6 Å². The lowest BCUT2D eigenvalue weighted by atomic mass is 9.69. The maximum Gasteiger partial charge on any atom is 0.569 e. The maximum atomic E-state index is 13.4. The van der Waals surface area contributed by atoms with Crippen molar-refractivity contribution in [2.75, 3.05) is 0 Å². The van der Waals surface area contributed by atoms with Gasteiger partial charge in [0.15, 0.2) is 23.3 Å². The Balaban J connectivity index is 2.54. The van der Waals surface area contributed by atoms with Gasteiger partial charge in [-0.2, -0.15) is 0 Å². The van der Waals surface area contributed by atoms with Crippen LogP contribution in [-0.2, 0) is 0 Å². The molecule has 0 aliphatic carbocycles. The van der Waals surface area contributed by atoms with Crippen LogP contribution in [0.4, 0.5) is 4.39 Å². The molecule has 0 bridgehead atoms. The van der Waals surface area contributed by atoms with Gasteiger partial charge in [0.25, 0.3) is 0 Å². The lowest BCUT2D eigenvalue weighted by Crippen LogP contribution is -2.52. The van der Waals surface area contributed by atoms with E-state index in [0.29, 0.717) is 0 Å². The Morgan fingerprint density at radius 2 is 2.00 bits per heavy atom. The van der Waals surface area contributed by atoms with E-state index < -0.39 is 30.3 Å². The number of ether oxygens (including phenoxy) is 1. The summed E-state index contributed by atoms with van der Waals surface area (Å²) in [6.07, 6.45) is -2.04. The zero-order chi connectivity index (χ0) is 12.8. The highest BCUT2D eigenvalue weighted by molar-refractivity contribution is 6.48. The van der Waals surface area contributed by atoms with E-state index >= 15 is 0 Å². The molecule has 1 aromatic rings. The van der Waals surface area contributed by atoms with E-state index in [1.165, 1.54) is 6.07 Å². The van der Waals surface area contributed by atoms with Crippen molar-refractivity contribution in [2.45, 2.75) is 25.6 Å². The summed E-state index contributed by atoms with van der Waals surface area (Å²) < 4.78 is 23.9. The molecule has 17 heavy (non-hydrogen) atoms. The van der Waals surface area contributed by atoms with Gasteiger partial charge in [0.1, 0.15) is 5.82 Å². The molecule has 5 nitrogen and oxygen atoms in total. The average Bonchev–Trinajstić information content (AvgIpc) is 2.19. The molecule has 92 valence electrons. The van der Waals surface area contributed by atoms with Crippen LogP contribution < -0.4 is 9.39 Å². The Kier molecular flexibility index (Phi) is 2.77. The van der Waals surface area contributed by atoms with Crippen LogP contribution in [0.25, 0.3) is 0 Å². The van der Waals surface area contributed by atoms with Gasteiger partial charge in [-0.15, -0.1) is 0 Å². The van der Waals surface area contributed by atoms with Crippen molar-refractivity contribution in [3.8, 4) is 11.5 Å². The second kappa shape index (κ2) is 3.87. The summed E-state index contributed by atoms with van der Waals surface area (Å²) in [6, 6.07) is 2.36. The number of aliphatic hydroxyl groups is 2. The number of halogens is 1. The zero-order valence-corrected chi connectivity index (χ0v) is 9.35. The van der Waals surface area contributed by atoms with Gasteiger partial charge in [-0.05, 0) is 26.0 Å². The van der Waals surface area contributed by atoms with Crippen LogP contribution in [0, 0.1) is 5.82 Å². The van der Waals surface area contributed by atoms with Crippen LogP contribution in [0.1, 0.15) is 25.7 Å². The van der Waals surface area contributed by atoms with E-state index in [1.54, 1.807) is 13.8 Å². The number of fused-ring (bicyclic) bond motifs is 1.